The Labute approximate surface area is 113 Å². The summed E-state index contributed by atoms with van der Waals surface area (Å²) in [6.07, 6.45) is 1.41. The van der Waals surface area contributed by atoms with Crippen LogP contribution < -0.4 is 0 Å². The average Bonchev–Trinajstić information content (AvgIpc) is 3.02. The lowest BCUT2D eigenvalue weighted by Gasteiger charge is -1.97. The SMILES string of the molecule is O=C(O)c1ccoc1CSc1cc2ccccc2[nH]1. The van der Waals surface area contributed by atoms with Crippen molar-refractivity contribution in [2.24, 2.45) is 0 Å². The zero-order valence-corrected chi connectivity index (χ0v) is 10.7. The summed E-state index contributed by atoms with van der Waals surface area (Å²) in [5.41, 5.74) is 1.30. The molecule has 96 valence electrons. The Morgan fingerprint density at radius 2 is 2.16 bits per heavy atom. The van der Waals surface area contributed by atoms with Gasteiger partial charge < -0.3 is 14.5 Å². The first-order valence-electron chi connectivity index (χ1n) is 5.74. The third-order valence-electron chi connectivity index (χ3n) is 2.84. The van der Waals surface area contributed by atoms with Crippen molar-refractivity contribution in [2.75, 3.05) is 0 Å². The first-order chi connectivity index (χ1) is 9.24. The van der Waals surface area contributed by atoms with Crippen molar-refractivity contribution in [1.29, 1.82) is 0 Å². The predicted molar refractivity (Wildman–Crippen MR) is 73.5 cm³/mol. The zero-order chi connectivity index (χ0) is 13.2. The molecule has 0 saturated heterocycles. The quantitative estimate of drug-likeness (QED) is 0.710. The summed E-state index contributed by atoms with van der Waals surface area (Å²) in [6.45, 7) is 0. The number of rotatable bonds is 4. The molecule has 0 atom stereocenters. The Bertz CT molecular complexity index is 696. The van der Waals surface area contributed by atoms with E-state index in [1.807, 2.05) is 30.3 Å². The molecule has 0 bridgehead atoms. The van der Waals surface area contributed by atoms with Crippen LogP contribution in [0.2, 0.25) is 0 Å². The smallest absolute Gasteiger partial charge is 0.339 e. The number of para-hydroxylation sites is 1. The minimum absolute atomic E-state index is 0.226. The molecule has 19 heavy (non-hydrogen) atoms. The van der Waals surface area contributed by atoms with Crippen LogP contribution in [-0.2, 0) is 5.75 Å². The van der Waals surface area contributed by atoms with E-state index in [0.717, 1.165) is 15.9 Å². The summed E-state index contributed by atoms with van der Waals surface area (Å²) in [5.74, 6) is 0.0127. The monoisotopic (exact) mass is 273 g/mol. The largest absolute Gasteiger partial charge is 0.478 e. The number of nitrogens with one attached hydrogen (secondary N) is 1. The van der Waals surface area contributed by atoms with Crippen molar-refractivity contribution < 1.29 is 14.3 Å². The summed E-state index contributed by atoms with van der Waals surface area (Å²) >= 11 is 1.52. The molecule has 0 amide bonds. The molecule has 0 spiro atoms. The van der Waals surface area contributed by atoms with Crippen molar-refractivity contribution >= 4 is 28.6 Å². The number of aromatic amines is 1. The van der Waals surface area contributed by atoms with Crippen LogP contribution in [0.5, 0.6) is 0 Å². The molecule has 0 saturated carbocycles. The number of carboxylic acids is 1. The van der Waals surface area contributed by atoms with Crippen LogP contribution in [-0.4, -0.2) is 16.1 Å². The second-order valence-corrected chi connectivity index (χ2v) is 5.09. The molecule has 3 aromatic rings. The van der Waals surface area contributed by atoms with Gasteiger partial charge in [0.25, 0.3) is 0 Å². The topological polar surface area (TPSA) is 66.2 Å². The maximum absolute atomic E-state index is 11.0. The van der Waals surface area contributed by atoms with Gasteiger partial charge in [0.2, 0.25) is 0 Å². The number of aromatic nitrogens is 1. The van der Waals surface area contributed by atoms with Gasteiger partial charge in [-0.25, -0.2) is 4.79 Å². The van der Waals surface area contributed by atoms with E-state index in [-0.39, 0.29) is 5.56 Å². The van der Waals surface area contributed by atoms with Crippen molar-refractivity contribution in [3.63, 3.8) is 0 Å². The van der Waals surface area contributed by atoms with E-state index in [0.29, 0.717) is 11.5 Å². The molecular weight excluding hydrogens is 262 g/mol. The van der Waals surface area contributed by atoms with Crippen LogP contribution in [0.4, 0.5) is 0 Å². The molecule has 0 radical (unpaired) electrons. The highest BCUT2D eigenvalue weighted by Crippen LogP contribution is 2.27. The number of carbonyl (C=O) groups is 1. The Kier molecular flexibility index (Phi) is 3.05. The third-order valence-corrected chi connectivity index (χ3v) is 3.78. The number of hydrogen-bond acceptors (Lipinski definition) is 3. The van der Waals surface area contributed by atoms with Crippen LogP contribution in [0.25, 0.3) is 10.9 Å². The Morgan fingerprint density at radius 1 is 1.32 bits per heavy atom. The van der Waals surface area contributed by atoms with Gasteiger partial charge in [-0.05, 0) is 18.2 Å². The van der Waals surface area contributed by atoms with Crippen LogP contribution >= 0.6 is 11.8 Å². The van der Waals surface area contributed by atoms with Gasteiger partial charge in [-0.1, -0.05) is 18.2 Å². The minimum atomic E-state index is -0.957. The van der Waals surface area contributed by atoms with E-state index in [1.54, 1.807) is 0 Å². The lowest BCUT2D eigenvalue weighted by molar-refractivity contribution is 0.0695. The fourth-order valence-corrected chi connectivity index (χ4v) is 2.81. The highest BCUT2D eigenvalue weighted by atomic mass is 32.2. The van der Waals surface area contributed by atoms with Crippen LogP contribution in [0.3, 0.4) is 0 Å². The Hall–Kier alpha value is -2.14. The molecule has 0 aliphatic heterocycles. The maximum Gasteiger partial charge on any atom is 0.339 e. The molecule has 0 aliphatic rings. The van der Waals surface area contributed by atoms with Crippen molar-refractivity contribution in [3.8, 4) is 0 Å². The first-order valence-corrected chi connectivity index (χ1v) is 6.73. The number of furan rings is 1. The van der Waals surface area contributed by atoms with Gasteiger partial charge in [0, 0.05) is 10.9 Å². The van der Waals surface area contributed by atoms with E-state index >= 15 is 0 Å². The second kappa shape index (κ2) is 4.85. The molecule has 4 nitrogen and oxygen atoms in total. The lowest BCUT2D eigenvalue weighted by Crippen LogP contribution is -1.97. The van der Waals surface area contributed by atoms with E-state index < -0.39 is 5.97 Å². The molecule has 0 fully saturated rings. The maximum atomic E-state index is 11.0. The fourth-order valence-electron chi connectivity index (χ4n) is 1.91. The zero-order valence-electron chi connectivity index (χ0n) is 9.92. The number of fused-ring (bicyclic) bond motifs is 1. The summed E-state index contributed by atoms with van der Waals surface area (Å²) in [4.78, 5) is 14.2. The third kappa shape index (κ3) is 2.37. The molecule has 3 rings (SSSR count). The normalized spacial score (nSPS) is 10.9. The minimum Gasteiger partial charge on any atom is -0.478 e. The first kappa shape index (κ1) is 11.9. The fraction of sp³-hybridized carbons (Fsp3) is 0.0714. The molecule has 2 heterocycles. The van der Waals surface area contributed by atoms with Crippen LogP contribution in [0.15, 0.2) is 52.1 Å². The molecule has 5 heteroatoms. The Morgan fingerprint density at radius 3 is 2.95 bits per heavy atom. The average molecular weight is 273 g/mol. The second-order valence-electron chi connectivity index (χ2n) is 4.07. The van der Waals surface area contributed by atoms with Gasteiger partial charge in [-0.3, -0.25) is 0 Å². The molecule has 2 aromatic heterocycles. The van der Waals surface area contributed by atoms with E-state index in [1.165, 1.54) is 24.1 Å². The number of thioether (sulfide) groups is 1. The van der Waals surface area contributed by atoms with Gasteiger partial charge in [-0.2, -0.15) is 0 Å². The van der Waals surface area contributed by atoms with Gasteiger partial charge in [0.15, 0.2) is 0 Å². The molecule has 0 aliphatic carbocycles. The van der Waals surface area contributed by atoms with E-state index in [4.69, 9.17) is 9.52 Å². The lowest BCUT2D eigenvalue weighted by atomic mass is 10.3. The molecule has 1 aromatic carbocycles. The summed E-state index contributed by atoms with van der Waals surface area (Å²) in [7, 11) is 0. The summed E-state index contributed by atoms with van der Waals surface area (Å²) < 4.78 is 5.21. The number of hydrogen-bond donors (Lipinski definition) is 2. The predicted octanol–water partition coefficient (Wildman–Crippen LogP) is 3.75. The molecule has 2 N–H and O–H groups in total. The highest BCUT2D eigenvalue weighted by molar-refractivity contribution is 7.98. The standard InChI is InChI=1S/C14H11NO3S/c16-14(17)10-5-6-18-12(10)8-19-13-7-9-3-1-2-4-11(9)15-13/h1-7,15H,8H2,(H,16,17). The van der Waals surface area contributed by atoms with Gasteiger partial charge in [0.1, 0.15) is 11.3 Å². The van der Waals surface area contributed by atoms with E-state index in [9.17, 15) is 4.79 Å². The number of aromatic carboxylic acids is 1. The van der Waals surface area contributed by atoms with E-state index in [2.05, 4.69) is 4.98 Å². The Balaban J connectivity index is 1.78. The molecule has 0 unspecified atom stereocenters. The van der Waals surface area contributed by atoms with Gasteiger partial charge in [-0.15, -0.1) is 11.8 Å². The summed E-state index contributed by atoms with van der Waals surface area (Å²) in [5, 5.41) is 11.1. The van der Waals surface area contributed by atoms with Gasteiger partial charge in [0.05, 0.1) is 17.0 Å². The van der Waals surface area contributed by atoms with Crippen molar-refractivity contribution in [1.82, 2.24) is 4.98 Å². The molecular formula is C14H11NO3S. The number of carboxylic acid groups (broad SMARTS) is 1. The van der Waals surface area contributed by atoms with Crippen molar-refractivity contribution in [2.45, 2.75) is 10.8 Å². The summed E-state index contributed by atoms with van der Waals surface area (Å²) in [6, 6.07) is 11.5. The van der Waals surface area contributed by atoms with Crippen molar-refractivity contribution in [3.05, 3.63) is 54.0 Å². The van der Waals surface area contributed by atoms with Crippen LogP contribution in [0.1, 0.15) is 16.1 Å². The number of benzene rings is 1. The van der Waals surface area contributed by atoms with Crippen LogP contribution in [0, 0.1) is 0 Å². The highest BCUT2D eigenvalue weighted by Gasteiger charge is 2.13. The number of H-pyrrole nitrogens is 1. The van der Waals surface area contributed by atoms with Gasteiger partial charge >= 0.3 is 5.97 Å².